The van der Waals surface area contributed by atoms with Crippen molar-refractivity contribution in [2.45, 2.75) is 0 Å². The van der Waals surface area contributed by atoms with Gasteiger partial charge < -0.3 is 4.42 Å². The van der Waals surface area contributed by atoms with Crippen molar-refractivity contribution in [2.75, 3.05) is 5.32 Å². The summed E-state index contributed by atoms with van der Waals surface area (Å²) in [6.45, 7) is 0. The zero-order chi connectivity index (χ0) is 15.6. The summed E-state index contributed by atoms with van der Waals surface area (Å²) in [5.41, 5.74) is 1.86. The minimum Gasteiger partial charge on any atom is -0.403 e. The molecule has 2 N–H and O–H groups in total. The first-order valence-electron chi connectivity index (χ1n) is 6.56. The van der Waals surface area contributed by atoms with Crippen LogP contribution in [0.2, 0.25) is 0 Å². The van der Waals surface area contributed by atoms with Crippen molar-refractivity contribution in [1.82, 2.24) is 20.4 Å². The van der Waals surface area contributed by atoms with Crippen LogP contribution in [-0.2, 0) is 0 Å². The second-order valence-electron chi connectivity index (χ2n) is 4.52. The van der Waals surface area contributed by atoms with E-state index in [-0.39, 0.29) is 11.7 Å². The third kappa shape index (κ3) is 2.79. The largest absolute Gasteiger partial charge is 0.403 e. The van der Waals surface area contributed by atoms with E-state index in [4.69, 9.17) is 4.42 Å². The zero-order valence-corrected chi connectivity index (χ0v) is 13.1. The molecule has 0 saturated heterocycles. The lowest BCUT2D eigenvalue weighted by molar-refractivity contribution is 0.101. The molecule has 23 heavy (non-hydrogen) atoms. The van der Waals surface area contributed by atoms with Crippen LogP contribution in [0.3, 0.4) is 0 Å². The maximum absolute atomic E-state index is 12.2. The Balaban J connectivity index is 1.50. The molecular weight excluding hydrogens is 334 g/mol. The highest BCUT2D eigenvalue weighted by molar-refractivity contribution is 7.13. The number of hydrogen-bond donors (Lipinski definition) is 2. The van der Waals surface area contributed by atoms with Gasteiger partial charge in [-0.15, -0.1) is 16.4 Å². The lowest BCUT2D eigenvalue weighted by Crippen LogP contribution is -2.12. The Hall–Kier alpha value is -2.78. The SMILES string of the molecule is O=C(Nc1nnc(-c2ccsc2)o1)c1cc(-c2cccs2)[nH]n1. The zero-order valence-electron chi connectivity index (χ0n) is 11.5. The van der Waals surface area contributed by atoms with Gasteiger partial charge in [-0.1, -0.05) is 11.2 Å². The Kier molecular flexibility index (Phi) is 3.48. The van der Waals surface area contributed by atoms with Gasteiger partial charge in [-0.05, 0) is 29.0 Å². The first-order valence-corrected chi connectivity index (χ1v) is 8.38. The van der Waals surface area contributed by atoms with Gasteiger partial charge in [-0.25, -0.2) is 0 Å². The van der Waals surface area contributed by atoms with Gasteiger partial charge in [-0.3, -0.25) is 15.2 Å². The van der Waals surface area contributed by atoms with E-state index in [9.17, 15) is 4.79 Å². The summed E-state index contributed by atoms with van der Waals surface area (Å²) >= 11 is 3.09. The number of amides is 1. The summed E-state index contributed by atoms with van der Waals surface area (Å²) < 4.78 is 5.42. The van der Waals surface area contributed by atoms with Crippen LogP contribution in [-0.4, -0.2) is 26.3 Å². The molecule has 0 bridgehead atoms. The highest BCUT2D eigenvalue weighted by Crippen LogP contribution is 2.24. The molecule has 9 heteroatoms. The van der Waals surface area contributed by atoms with Crippen LogP contribution in [0.25, 0.3) is 22.0 Å². The number of carbonyl (C=O) groups excluding carboxylic acids is 1. The molecular formula is C14H9N5O2S2. The molecule has 0 saturated carbocycles. The molecule has 0 aliphatic rings. The van der Waals surface area contributed by atoms with E-state index in [1.54, 1.807) is 17.4 Å². The van der Waals surface area contributed by atoms with Gasteiger partial charge in [0.1, 0.15) is 0 Å². The smallest absolute Gasteiger partial charge is 0.322 e. The van der Waals surface area contributed by atoms with Crippen LogP contribution in [0, 0.1) is 0 Å². The molecule has 114 valence electrons. The number of thiophene rings is 2. The first kappa shape index (κ1) is 13.9. The van der Waals surface area contributed by atoms with Crippen molar-refractivity contribution in [3.8, 4) is 22.0 Å². The van der Waals surface area contributed by atoms with E-state index in [0.717, 1.165) is 16.1 Å². The molecule has 0 aromatic carbocycles. The maximum atomic E-state index is 12.2. The number of anilines is 1. The van der Waals surface area contributed by atoms with Gasteiger partial charge >= 0.3 is 6.01 Å². The van der Waals surface area contributed by atoms with Crippen molar-refractivity contribution in [3.05, 3.63) is 46.1 Å². The molecule has 7 nitrogen and oxygen atoms in total. The van der Waals surface area contributed by atoms with E-state index in [0.29, 0.717) is 5.89 Å². The summed E-state index contributed by atoms with van der Waals surface area (Å²) in [7, 11) is 0. The average molecular weight is 343 g/mol. The van der Waals surface area contributed by atoms with E-state index in [2.05, 4.69) is 25.7 Å². The average Bonchev–Trinajstić information content (AvgIpc) is 3.30. The maximum Gasteiger partial charge on any atom is 0.322 e. The predicted octanol–water partition coefficient (Wildman–Crippen LogP) is 3.50. The predicted molar refractivity (Wildman–Crippen MR) is 87.5 cm³/mol. The van der Waals surface area contributed by atoms with Crippen molar-refractivity contribution in [2.24, 2.45) is 0 Å². The third-order valence-corrected chi connectivity index (χ3v) is 4.60. The van der Waals surface area contributed by atoms with Crippen molar-refractivity contribution < 1.29 is 9.21 Å². The Labute approximate surface area is 138 Å². The molecule has 4 heterocycles. The van der Waals surface area contributed by atoms with Crippen LogP contribution < -0.4 is 5.32 Å². The number of aromatic nitrogens is 4. The fourth-order valence-corrected chi connectivity index (χ4v) is 3.26. The van der Waals surface area contributed by atoms with Crippen molar-refractivity contribution in [3.63, 3.8) is 0 Å². The number of nitrogens with zero attached hydrogens (tertiary/aromatic N) is 3. The molecule has 0 unspecified atom stereocenters. The summed E-state index contributed by atoms with van der Waals surface area (Å²) in [4.78, 5) is 13.2. The number of rotatable bonds is 4. The van der Waals surface area contributed by atoms with Gasteiger partial charge in [-0.2, -0.15) is 16.4 Å². The van der Waals surface area contributed by atoms with E-state index < -0.39 is 5.91 Å². The van der Waals surface area contributed by atoms with Crippen molar-refractivity contribution >= 4 is 34.6 Å². The number of H-pyrrole nitrogens is 1. The summed E-state index contributed by atoms with van der Waals surface area (Å²) in [6.07, 6.45) is 0. The minimum absolute atomic E-state index is 0.0388. The molecule has 1 amide bonds. The highest BCUT2D eigenvalue weighted by atomic mass is 32.1. The first-order chi connectivity index (χ1) is 11.3. The molecule has 4 rings (SSSR count). The van der Waals surface area contributed by atoms with E-state index in [1.807, 2.05) is 34.3 Å². The molecule has 0 fully saturated rings. The summed E-state index contributed by atoms with van der Waals surface area (Å²) in [5.74, 6) is -0.0487. The molecule has 0 spiro atoms. The summed E-state index contributed by atoms with van der Waals surface area (Å²) in [6, 6.07) is 7.47. The second kappa shape index (κ2) is 5.78. The van der Waals surface area contributed by atoms with Gasteiger partial charge in [0.15, 0.2) is 5.69 Å². The van der Waals surface area contributed by atoms with Crippen LogP contribution in [0.5, 0.6) is 0 Å². The number of nitrogens with one attached hydrogen (secondary N) is 2. The molecule has 0 aliphatic heterocycles. The van der Waals surface area contributed by atoms with Crippen LogP contribution in [0.4, 0.5) is 6.01 Å². The molecule has 4 aromatic heterocycles. The van der Waals surface area contributed by atoms with E-state index in [1.165, 1.54) is 11.3 Å². The number of aromatic amines is 1. The Bertz CT molecular complexity index is 924. The van der Waals surface area contributed by atoms with Crippen LogP contribution in [0.15, 0.2) is 44.8 Å². The lowest BCUT2D eigenvalue weighted by Gasteiger charge is -1.95. The van der Waals surface area contributed by atoms with Gasteiger partial charge in [0.2, 0.25) is 0 Å². The van der Waals surface area contributed by atoms with Gasteiger partial charge in [0.05, 0.1) is 10.6 Å². The fraction of sp³-hybridized carbons (Fsp3) is 0. The molecule has 0 radical (unpaired) electrons. The minimum atomic E-state index is -0.412. The Morgan fingerprint density at radius 2 is 2.22 bits per heavy atom. The van der Waals surface area contributed by atoms with Crippen molar-refractivity contribution in [1.29, 1.82) is 0 Å². The second-order valence-corrected chi connectivity index (χ2v) is 6.25. The molecule has 4 aromatic rings. The number of hydrogen-bond acceptors (Lipinski definition) is 7. The number of carbonyl (C=O) groups is 1. The van der Waals surface area contributed by atoms with Crippen LogP contribution in [0.1, 0.15) is 10.5 Å². The molecule has 0 aliphatic carbocycles. The van der Waals surface area contributed by atoms with Gasteiger partial charge in [0, 0.05) is 10.9 Å². The normalized spacial score (nSPS) is 10.8. The third-order valence-electron chi connectivity index (χ3n) is 3.01. The lowest BCUT2D eigenvalue weighted by atomic mass is 10.3. The van der Waals surface area contributed by atoms with Gasteiger partial charge in [0.25, 0.3) is 11.8 Å². The molecule has 0 atom stereocenters. The quantitative estimate of drug-likeness (QED) is 0.591. The fourth-order valence-electron chi connectivity index (χ4n) is 1.93. The standard InChI is InChI=1S/C14H9N5O2S2/c20-12(10-6-9(16-17-10)11-2-1-4-23-11)15-14-19-18-13(21-14)8-3-5-22-7-8/h1-7H,(H,16,17)(H,15,19,20). The monoisotopic (exact) mass is 343 g/mol. The topological polar surface area (TPSA) is 96.7 Å². The Morgan fingerprint density at radius 1 is 1.26 bits per heavy atom. The highest BCUT2D eigenvalue weighted by Gasteiger charge is 2.16. The summed E-state index contributed by atoms with van der Waals surface area (Å²) in [5, 5.41) is 22.9. The van der Waals surface area contributed by atoms with E-state index >= 15 is 0 Å². The Morgan fingerprint density at radius 3 is 3.00 bits per heavy atom. The van der Waals surface area contributed by atoms with Crippen LogP contribution >= 0.6 is 22.7 Å².